The van der Waals surface area contributed by atoms with Crippen LogP contribution in [0, 0.1) is 0 Å². The minimum absolute atomic E-state index is 0.109. The summed E-state index contributed by atoms with van der Waals surface area (Å²) >= 11 is 0. The van der Waals surface area contributed by atoms with Gasteiger partial charge in [0.25, 0.3) is 0 Å². The normalized spacial score (nSPS) is 14.8. The second-order valence-electron chi connectivity index (χ2n) is 15.6. The van der Waals surface area contributed by atoms with Crippen molar-refractivity contribution in [2.75, 3.05) is 0 Å². The summed E-state index contributed by atoms with van der Waals surface area (Å²) in [5, 5.41) is 15.1. The number of allylic oxidation sites excluding steroid dienone is 2. The van der Waals surface area contributed by atoms with Crippen LogP contribution >= 0.6 is 0 Å². The molecule has 9 aromatic carbocycles. The molecule has 0 amide bonds. The van der Waals surface area contributed by atoms with Gasteiger partial charge in [0.15, 0.2) is 0 Å². The van der Waals surface area contributed by atoms with Crippen LogP contribution in [0.4, 0.5) is 0 Å². The molecule has 2 nitrogen and oxygen atoms in total. The van der Waals surface area contributed by atoms with E-state index in [1.807, 2.05) is 0 Å². The second-order valence-corrected chi connectivity index (χ2v) is 15.6. The zero-order valence-corrected chi connectivity index (χ0v) is 31.7. The predicted molar refractivity (Wildman–Crippen MR) is 245 cm³/mol. The third-order valence-electron chi connectivity index (χ3n) is 12.2. The first-order chi connectivity index (χ1) is 28.7. The Kier molecular flexibility index (Phi) is 7.33. The topological polar surface area (TPSA) is 24.9 Å². The van der Waals surface area contributed by atoms with E-state index in [1.165, 1.54) is 82.1 Å². The zero-order valence-electron chi connectivity index (χ0n) is 31.7. The summed E-state index contributed by atoms with van der Waals surface area (Å²) in [6, 6.07) is 68.4. The number of benzene rings is 9. The number of pyridine rings is 1. The van der Waals surface area contributed by atoms with Gasteiger partial charge in [-0.25, -0.2) is 4.98 Å². The third-order valence-corrected chi connectivity index (χ3v) is 12.2. The molecular weight excluding hydrogens is 701 g/mol. The summed E-state index contributed by atoms with van der Waals surface area (Å²) in [5.41, 5.74) is 13.8. The highest BCUT2D eigenvalue weighted by Crippen LogP contribution is 2.48. The van der Waals surface area contributed by atoms with Crippen molar-refractivity contribution >= 4 is 71.3 Å². The van der Waals surface area contributed by atoms with Crippen LogP contribution in [0.15, 0.2) is 206 Å². The van der Waals surface area contributed by atoms with Crippen LogP contribution in [0.2, 0.25) is 0 Å². The highest BCUT2D eigenvalue weighted by Gasteiger charge is 2.32. The summed E-state index contributed by atoms with van der Waals surface area (Å²) in [4.78, 5) is 5.63. The van der Waals surface area contributed by atoms with Gasteiger partial charge in [-0.1, -0.05) is 152 Å². The van der Waals surface area contributed by atoms with Crippen LogP contribution in [-0.2, 0) is 0 Å². The molecule has 1 N–H and O–H groups in total. The largest absolute Gasteiger partial charge is 0.374 e. The standard InChI is InChI=1S/C56H36N2/c1-5-13-39-29-43(21-17-35(39)9-1)49-33-51-52(55-47(49)25-27-53(57-55)45-23-19-37-11-3-7-15-41(37)31-45)34-50(44-22-18-36-10-2-6-14-40(36)30-44)48-26-28-54(58-56(48)51)46-24-20-38-12-4-8-16-42(38)32-46/h1-34,55,57H. The Bertz CT molecular complexity index is 3440. The monoisotopic (exact) mass is 736 g/mol. The first-order valence-corrected chi connectivity index (χ1v) is 20.1. The fourth-order valence-electron chi connectivity index (χ4n) is 9.24. The molecule has 0 fully saturated rings. The molecule has 270 valence electrons. The smallest absolute Gasteiger partial charge is 0.0791 e. The number of fused-ring (bicyclic) bond motifs is 9. The number of nitrogens with one attached hydrogen (secondary N) is 1. The van der Waals surface area contributed by atoms with Gasteiger partial charge in [-0.05, 0) is 137 Å². The van der Waals surface area contributed by atoms with Crippen molar-refractivity contribution in [2.45, 2.75) is 6.04 Å². The number of hydrogen-bond donors (Lipinski definition) is 1. The van der Waals surface area contributed by atoms with Crippen LogP contribution in [0.5, 0.6) is 0 Å². The Morgan fingerprint density at radius 1 is 0.414 bits per heavy atom. The number of dihydropyridines is 1. The van der Waals surface area contributed by atoms with E-state index in [0.717, 1.165) is 33.4 Å². The predicted octanol–water partition coefficient (Wildman–Crippen LogP) is 14.3. The Morgan fingerprint density at radius 3 is 1.53 bits per heavy atom. The zero-order chi connectivity index (χ0) is 38.2. The molecule has 1 unspecified atom stereocenters. The maximum absolute atomic E-state index is 5.63. The molecule has 12 rings (SSSR count). The summed E-state index contributed by atoms with van der Waals surface area (Å²) in [7, 11) is 0. The van der Waals surface area contributed by atoms with Gasteiger partial charge in [0.2, 0.25) is 0 Å². The van der Waals surface area contributed by atoms with Crippen molar-refractivity contribution in [3.8, 4) is 22.4 Å². The van der Waals surface area contributed by atoms with Crippen LogP contribution in [0.1, 0.15) is 28.3 Å². The Morgan fingerprint density at radius 2 is 0.914 bits per heavy atom. The summed E-state index contributed by atoms with van der Waals surface area (Å²) < 4.78 is 0. The van der Waals surface area contributed by atoms with E-state index in [-0.39, 0.29) is 6.04 Å². The van der Waals surface area contributed by atoms with Gasteiger partial charge in [0, 0.05) is 22.2 Å². The van der Waals surface area contributed by atoms with Gasteiger partial charge < -0.3 is 5.32 Å². The first kappa shape index (κ1) is 32.7. The Hall–Kier alpha value is -7.55. The lowest BCUT2D eigenvalue weighted by Crippen LogP contribution is -2.28. The molecule has 0 saturated heterocycles. The van der Waals surface area contributed by atoms with E-state index in [1.54, 1.807) is 0 Å². The minimum atomic E-state index is -0.109. The minimum Gasteiger partial charge on any atom is -0.374 e. The number of rotatable bonds is 4. The fraction of sp³-hybridized carbons (Fsp3) is 0.0179. The molecule has 10 aromatic rings. The number of hydrogen-bond acceptors (Lipinski definition) is 2. The molecule has 58 heavy (non-hydrogen) atoms. The fourth-order valence-corrected chi connectivity index (χ4v) is 9.24. The number of aromatic nitrogens is 1. The molecular formula is C56H36N2. The maximum atomic E-state index is 5.63. The Balaban J connectivity index is 1.12. The lowest BCUT2D eigenvalue weighted by atomic mass is 9.77. The summed E-state index contributed by atoms with van der Waals surface area (Å²) in [6.07, 6.45) is 7.01. The van der Waals surface area contributed by atoms with Crippen molar-refractivity contribution in [2.24, 2.45) is 0 Å². The lowest BCUT2D eigenvalue weighted by Gasteiger charge is -2.35. The first-order valence-electron chi connectivity index (χ1n) is 20.1. The van der Waals surface area contributed by atoms with Gasteiger partial charge >= 0.3 is 0 Å². The van der Waals surface area contributed by atoms with E-state index >= 15 is 0 Å². The van der Waals surface area contributed by atoms with E-state index in [0.29, 0.717) is 0 Å². The highest BCUT2D eigenvalue weighted by atomic mass is 14.9. The molecule has 1 aromatic heterocycles. The van der Waals surface area contributed by atoms with Crippen LogP contribution < -0.4 is 5.32 Å². The Labute approximate surface area is 336 Å². The second kappa shape index (κ2) is 13.0. The summed E-state index contributed by atoms with van der Waals surface area (Å²) in [5.74, 6) is 0. The molecule has 2 aliphatic rings. The molecule has 1 atom stereocenters. The quantitative estimate of drug-likeness (QED) is 0.195. The molecule has 1 aliphatic carbocycles. The van der Waals surface area contributed by atoms with Crippen molar-refractivity contribution in [3.63, 3.8) is 0 Å². The third kappa shape index (κ3) is 5.38. The lowest BCUT2D eigenvalue weighted by molar-refractivity contribution is 0.735. The van der Waals surface area contributed by atoms with Crippen LogP contribution in [0.3, 0.4) is 0 Å². The molecule has 0 spiro atoms. The SMILES string of the molecule is C1=C(c2ccc3ccccc3c2)NC2C(=C1)C(c1ccc3ccccc3c1)=Cc1c2cc(-c2ccc3ccccc3c2)c2ccc(-c3ccc4ccccc4c3)nc12. The molecule has 2 heterocycles. The van der Waals surface area contributed by atoms with Gasteiger partial charge in [0.1, 0.15) is 0 Å². The molecule has 2 heteroatoms. The van der Waals surface area contributed by atoms with Gasteiger partial charge in [-0.3, -0.25) is 0 Å². The van der Waals surface area contributed by atoms with Crippen molar-refractivity contribution in [1.29, 1.82) is 0 Å². The van der Waals surface area contributed by atoms with Gasteiger partial charge in [0.05, 0.1) is 17.3 Å². The maximum Gasteiger partial charge on any atom is 0.0791 e. The van der Waals surface area contributed by atoms with Crippen LogP contribution in [-0.4, -0.2) is 4.98 Å². The van der Waals surface area contributed by atoms with Gasteiger partial charge in [-0.2, -0.15) is 0 Å². The summed E-state index contributed by atoms with van der Waals surface area (Å²) in [6.45, 7) is 0. The van der Waals surface area contributed by atoms with Crippen molar-refractivity contribution in [3.05, 3.63) is 228 Å². The van der Waals surface area contributed by atoms with Gasteiger partial charge in [-0.15, -0.1) is 0 Å². The molecule has 0 bridgehead atoms. The number of nitrogens with zero attached hydrogens (tertiary/aromatic N) is 1. The molecule has 0 saturated carbocycles. The average molecular weight is 737 g/mol. The van der Waals surface area contributed by atoms with Crippen LogP contribution in [0.25, 0.3) is 93.7 Å². The van der Waals surface area contributed by atoms with E-state index in [9.17, 15) is 0 Å². The van der Waals surface area contributed by atoms with E-state index < -0.39 is 0 Å². The molecule has 1 aliphatic heterocycles. The van der Waals surface area contributed by atoms with E-state index in [4.69, 9.17) is 4.98 Å². The van der Waals surface area contributed by atoms with Crippen molar-refractivity contribution < 1.29 is 0 Å². The van der Waals surface area contributed by atoms with Crippen molar-refractivity contribution in [1.82, 2.24) is 10.3 Å². The molecule has 0 radical (unpaired) electrons. The highest BCUT2D eigenvalue weighted by molar-refractivity contribution is 6.09. The average Bonchev–Trinajstić information content (AvgIpc) is 3.30. The van der Waals surface area contributed by atoms with E-state index in [2.05, 4.69) is 212 Å².